The van der Waals surface area contributed by atoms with Crippen LogP contribution < -0.4 is 21.5 Å². The Hall–Kier alpha value is -3.40. The van der Waals surface area contributed by atoms with Crippen LogP contribution in [0.15, 0.2) is 24.5 Å². The number of anilines is 2. The van der Waals surface area contributed by atoms with Crippen LogP contribution in [0, 0.1) is 0 Å². The first kappa shape index (κ1) is 17.0. The summed E-state index contributed by atoms with van der Waals surface area (Å²) >= 11 is 0. The van der Waals surface area contributed by atoms with Crippen LogP contribution in [0.25, 0.3) is 22.3 Å². The maximum absolute atomic E-state index is 12.2. The average molecular weight is 369 g/mol. The lowest BCUT2D eigenvalue weighted by Gasteiger charge is -2.11. The molecule has 27 heavy (non-hydrogen) atoms. The number of nitrogens with two attached hydrogens (primary N) is 2. The van der Waals surface area contributed by atoms with Gasteiger partial charge in [0.25, 0.3) is 0 Å². The van der Waals surface area contributed by atoms with Crippen molar-refractivity contribution in [2.45, 2.75) is 26.2 Å². The molecule has 2 aromatic heterocycles. The molecular formula is C17H19N7O3. The Kier molecular flexibility index (Phi) is 4.04. The highest BCUT2D eigenvalue weighted by Gasteiger charge is 2.26. The number of nitrogens with one attached hydrogen (secondary N) is 1. The van der Waals surface area contributed by atoms with Gasteiger partial charge in [-0.05, 0) is 32.0 Å². The van der Waals surface area contributed by atoms with Gasteiger partial charge in [-0.15, -0.1) is 0 Å². The normalized spacial score (nSPS) is 16.5. The van der Waals surface area contributed by atoms with Crippen molar-refractivity contribution in [1.82, 2.24) is 19.7 Å². The summed E-state index contributed by atoms with van der Waals surface area (Å²) < 4.78 is 12.1. The van der Waals surface area contributed by atoms with Crippen LogP contribution in [-0.4, -0.2) is 38.7 Å². The van der Waals surface area contributed by atoms with Crippen molar-refractivity contribution < 1.29 is 14.3 Å². The SMILES string of the molecule is CCOC(=O)C(C)n1nc(-c2ccc3c(c2)NC(N)O3)c2c(N)ncnc21. The Morgan fingerprint density at radius 2 is 2.26 bits per heavy atom. The molecule has 0 aliphatic carbocycles. The number of fused-ring (bicyclic) bond motifs is 2. The molecule has 0 fully saturated rings. The average Bonchev–Trinajstić information content (AvgIpc) is 3.21. The van der Waals surface area contributed by atoms with Gasteiger partial charge < -0.3 is 20.5 Å². The zero-order valence-corrected chi connectivity index (χ0v) is 14.8. The van der Waals surface area contributed by atoms with Crippen LogP contribution in [0.4, 0.5) is 11.5 Å². The third-order valence-electron chi connectivity index (χ3n) is 4.32. The number of benzene rings is 1. The van der Waals surface area contributed by atoms with E-state index in [0.29, 0.717) is 22.5 Å². The summed E-state index contributed by atoms with van der Waals surface area (Å²) in [5.41, 5.74) is 14.4. The van der Waals surface area contributed by atoms with Crippen molar-refractivity contribution in [1.29, 1.82) is 0 Å². The van der Waals surface area contributed by atoms with E-state index in [1.165, 1.54) is 11.0 Å². The summed E-state index contributed by atoms with van der Waals surface area (Å²) in [4.78, 5) is 20.6. The Labute approximate surface area is 154 Å². The molecular weight excluding hydrogens is 350 g/mol. The molecule has 0 radical (unpaired) electrons. The number of aromatic nitrogens is 4. The number of hydrogen-bond acceptors (Lipinski definition) is 9. The minimum atomic E-state index is -0.667. The number of nitrogens with zero attached hydrogens (tertiary/aromatic N) is 4. The number of rotatable bonds is 4. The van der Waals surface area contributed by atoms with Gasteiger partial charge in [-0.2, -0.15) is 5.10 Å². The van der Waals surface area contributed by atoms with Gasteiger partial charge in [-0.1, -0.05) is 0 Å². The van der Waals surface area contributed by atoms with Crippen molar-refractivity contribution in [2.24, 2.45) is 5.73 Å². The van der Waals surface area contributed by atoms with Crippen LogP contribution in [0.3, 0.4) is 0 Å². The van der Waals surface area contributed by atoms with E-state index in [0.717, 1.165) is 11.3 Å². The third kappa shape index (κ3) is 2.79. The summed E-state index contributed by atoms with van der Waals surface area (Å²) in [6.07, 6.45) is 0.746. The highest BCUT2D eigenvalue weighted by molar-refractivity contribution is 5.99. The van der Waals surface area contributed by atoms with E-state index in [2.05, 4.69) is 20.4 Å². The molecule has 2 atom stereocenters. The fourth-order valence-corrected chi connectivity index (χ4v) is 3.04. The van der Waals surface area contributed by atoms with Gasteiger partial charge in [0.15, 0.2) is 5.65 Å². The number of carbonyl (C=O) groups is 1. The topological polar surface area (TPSA) is 143 Å². The number of ether oxygens (including phenoxy) is 2. The second-order valence-electron chi connectivity index (χ2n) is 6.07. The molecule has 1 aliphatic rings. The largest absolute Gasteiger partial charge is 0.464 e. The highest BCUT2D eigenvalue weighted by Crippen LogP contribution is 2.37. The fourth-order valence-electron chi connectivity index (χ4n) is 3.04. The van der Waals surface area contributed by atoms with Gasteiger partial charge in [0.2, 0.25) is 6.35 Å². The standard InChI is InChI=1S/C17H19N7O3/c1-3-26-16(25)8(2)24-15-12(14(18)20-7-21-15)13(23-24)9-4-5-11-10(6-9)22-17(19)27-11/h4-8,17,22H,3,19H2,1-2H3,(H2,18,20,21). The number of carbonyl (C=O) groups excluding carboxylic acids is 1. The number of nitrogen functional groups attached to an aromatic ring is 1. The summed E-state index contributed by atoms with van der Waals surface area (Å²) in [5, 5.41) is 8.19. The Morgan fingerprint density at radius 3 is 3.04 bits per heavy atom. The fraction of sp³-hybridized carbons (Fsp3) is 0.294. The number of hydrogen-bond donors (Lipinski definition) is 3. The van der Waals surface area contributed by atoms with Crippen LogP contribution >= 0.6 is 0 Å². The molecule has 1 aliphatic heterocycles. The molecule has 1 aromatic carbocycles. The summed E-state index contributed by atoms with van der Waals surface area (Å²) in [7, 11) is 0. The van der Waals surface area contributed by atoms with Gasteiger partial charge in [-0.25, -0.2) is 19.4 Å². The second-order valence-corrected chi connectivity index (χ2v) is 6.07. The Morgan fingerprint density at radius 1 is 1.44 bits per heavy atom. The molecule has 0 spiro atoms. The Bertz CT molecular complexity index is 1030. The van der Waals surface area contributed by atoms with E-state index in [1.54, 1.807) is 19.9 Å². The van der Waals surface area contributed by atoms with Gasteiger partial charge >= 0.3 is 5.97 Å². The zero-order chi connectivity index (χ0) is 19.1. The first-order valence-electron chi connectivity index (χ1n) is 8.48. The molecule has 0 saturated heterocycles. The van der Waals surface area contributed by atoms with Crippen molar-refractivity contribution in [3.63, 3.8) is 0 Å². The third-order valence-corrected chi connectivity index (χ3v) is 4.32. The highest BCUT2D eigenvalue weighted by atomic mass is 16.5. The van der Waals surface area contributed by atoms with Gasteiger partial charge in [0.1, 0.15) is 29.6 Å². The quantitative estimate of drug-likeness (QED) is 0.579. The minimum absolute atomic E-state index is 0.277. The molecule has 0 saturated carbocycles. The molecule has 10 nitrogen and oxygen atoms in total. The second kappa shape index (κ2) is 6.40. The van der Waals surface area contributed by atoms with Crippen LogP contribution in [0.1, 0.15) is 19.9 Å². The zero-order valence-electron chi connectivity index (χ0n) is 14.8. The van der Waals surface area contributed by atoms with E-state index in [1.807, 2.05) is 12.1 Å². The Balaban J connectivity index is 1.87. The molecule has 5 N–H and O–H groups in total. The molecule has 140 valence electrons. The predicted octanol–water partition coefficient (Wildman–Crippen LogP) is 1.25. The van der Waals surface area contributed by atoms with Crippen LogP contribution in [0.5, 0.6) is 5.75 Å². The molecule has 0 amide bonds. The molecule has 2 unspecified atom stereocenters. The smallest absolute Gasteiger partial charge is 0.330 e. The maximum Gasteiger partial charge on any atom is 0.330 e. The molecule has 3 aromatic rings. The van der Waals surface area contributed by atoms with E-state index in [4.69, 9.17) is 20.9 Å². The molecule has 4 rings (SSSR count). The van der Waals surface area contributed by atoms with Gasteiger partial charge in [0, 0.05) is 5.56 Å². The van der Waals surface area contributed by atoms with E-state index < -0.39 is 18.4 Å². The van der Waals surface area contributed by atoms with Crippen molar-refractivity contribution >= 4 is 28.5 Å². The van der Waals surface area contributed by atoms with Crippen molar-refractivity contribution in [3.05, 3.63) is 24.5 Å². The number of esters is 1. The lowest BCUT2D eigenvalue weighted by Crippen LogP contribution is -2.30. The van der Waals surface area contributed by atoms with E-state index in [-0.39, 0.29) is 12.4 Å². The van der Waals surface area contributed by atoms with E-state index >= 15 is 0 Å². The minimum Gasteiger partial charge on any atom is -0.464 e. The van der Waals surface area contributed by atoms with E-state index in [9.17, 15) is 4.79 Å². The lowest BCUT2D eigenvalue weighted by molar-refractivity contribution is -0.146. The first-order valence-corrected chi connectivity index (χ1v) is 8.48. The molecule has 3 heterocycles. The maximum atomic E-state index is 12.2. The summed E-state index contributed by atoms with van der Waals surface area (Å²) in [6, 6.07) is 4.83. The molecule has 10 heteroatoms. The lowest BCUT2D eigenvalue weighted by atomic mass is 10.1. The van der Waals surface area contributed by atoms with Crippen LogP contribution in [0.2, 0.25) is 0 Å². The monoisotopic (exact) mass is 369 g/mol. The van der Waals surface area contributed by atoms with Crippen molar-refractivity contribution in [2.75, 3.05) is 17.7 Å². The van der Waals surface area contributed by atoms with Gasteiger partial charge in [0.05, 0.1) is 17.7 Å². The first-order chi connectivity index (χ1) is 13.0. The van der Waals surface area contributed by atoms with Crippen molar-refractivity contribution in [3.8, 4) is 17.0 Å². The molecule has 0 bridgehead atoms. The van der Waals surface area contributed by atoms with Crippen LogP contribution in [-0.2, 0) is 9.53 Å². The van der Waals surface area contributed by atoms with Gasteiger partial charge in [-0.3, -0.25) is 5.73 Å². The summed E-state index contributed by atoms with van der Waals surface area (Å²) in [6.45, 7) is 3.73. The predicted molar refractivity (Wildman–Crippen MR) is 98.7 cm³/mol. The summed E-state index contributed by atoms with van der Waals surface area (Å²) in [5.74, 6) is 0.526.